The molecule has 187 valence electrons. The predicted octanol–water partition coefficient (Wildman–Crippen LogP) is 7.54. The maximum atomic E-state index is 8.49. The normalized spacial score (nSPS) is 12.4. The molecule has 3 rings (SSSR count). The topological polar surface area (TPSA) is 53.4 Å². The maximum Gasteiger partial charge on any atom is 0.0877 e. The van der Waals surface area contributed by atoms with Crippen molar-refractivity contribution in [2.24, 2.45) is 11.8 Å². The van der Waals surface area contributed by atoms with E-state index in [1.165, 1.54) is 46.0 Å². The van der Waals surface area contributed by atoms with Crippen LogP contribution in [0.2, 0.25) is 0 Å². The summed E-state index contributed by atoms with van der Waals surface area (Å²) in [6.07, 6.45) is 5.06. The summed E-state index contributed by atoms with van der Waals surface area (Å²) >= 11 is 0. The quantitative estimate of drug-likeness (QED) is 0.217. The van der Waals surface area contributed by atoms with Gasteiger partial charge in [-0.2, -0.15) is 0 Å². The van der Waals surface area contributed by atoms with Gasteiger partial charge in [0.2, 0.25) is 0 Å². The third kappa shape index (κ3) is 9.33. The van der Waals surface area contributed by atoms with Crippen LogP contribution >= 0.6 is 0 Å². The molecule has 3 aromatic rings. The van der Waals surface area contributed by atoms with Crippen LogP contribution in [0.15, 0.2) is 48.4 Å². The third-order valence-electron chi connectivity index (χ3n) is 5.19. The Hall–Kier alpha value is -2.00. The number of hydrogen-bond acceptors (Lipinski definition) is 3. The smallest absolute Gasteiger partial charge is 0.0877 e. The summed E-state index contributed by atoms with van der Waals surface area (Å²) in [4.78, 5) is 4.90. The van der Waals surface area contributed by atoms with Crippen LogP contribution in [0, 0.1) is 31.7 Å². The molecule has 0 saturated carbocycles. The van der Waals surface area contributed by atoms with Crippen LogP contribution < -0.4 is 0 Å². The molecule has 1 unspecified atom stereocenters. The Kier molecular flexibility index (Phi) is 12.2. The van der Waals surface area contributed by atoms with Crippen molar-refractivity contribution < 1.29 is 30.3 Å². The molecule has 1 heterocycles. The van der Waals surface area contributed by atoms with Crippen molar-refractivity contribution in [3.05, 3.63) is 76.7 Å². The molecule has 3 nitrogen and oxygen atoms in total. The Morgan fingerprint density at radius 1 is 0.971 bits per heavy atom. The van der Waals surface area contributed by atoms with E-state index < -0.39 is 6.10 Å². The number of allylic oxidation sites excluding steroid dienone is 1. The zero-order valence-electron chi connectivity index (χ0n) is 21.9. The molecule has 1 aromatic heterocycles. The van der Waals surface area contributed by atoms with E-state index in [-0.39, 0.29) is 25.9 Å². The number of aliphatic hydroxyl groups is 2. The molecule has 1 atom stereocenters. The van der Waals surface area contributed by atoms with Crippen LogP contribution in [-0.4, -0.2) is 21.3 Å². The molecule has 0 bridgehead atoms. The van der Waals surface area contributed by atoms with Crippen LogP contribution in [0.4, 0.5) is 0 Å². The minimum absolute atomic E-state index is 0. The minimum Gasteiger partial charge on any atom is -0.513 e. The summed E-state index contributed by atoms with van der Waals surface area (Å²) < 4.78 is 0. The predicted molar refractivity (Wildman–Crippen MR) is 141 cm³/mol. The zero-order valence-corrected chi connectivity index (χ0v) is 24.3. The monoisotopic (exact) mass is 639 g/mol. The number of nitrogens with zero attached hydrogens (tertiary/aromatic N) is 1. The first-order valence-corrected chi connectivity index (χ1v) is 11.9. The van der Waals surface area contributed by atoms with Crippen molar-refractivity contribution in [2.75, 3.05) is 0 Å². The van der Waals surface area contributed by atoms with Gasteiger partial charge in [-0.15, -0.1) is 34.9 Å². The van der Waals surface area contributed by atoms with E-state index >= 15 is 0 Å². The summed E-state index contributed by atoms with van der Waals surface area (Å²) in [5.41, 5.74) is 7.33. The van der Waals surface area contributed by atoms with Gasteiger partial charge in [-0.3, -0.25) is 0 Å². The number of pyridine rings is 1. The molecular weight excluding hydrogens is 599 g/mol. The van der Waals surface area contributed by atoms with Crippen molar-refractivity contribution >= 4 is 10.8 Å². The standard InChI is InChI=1S/C25H30N.C5H10O2.Ir/c1-16(2)9-20-7-8-23-22(10-17(3)4)15-26-25(24(23)14-20)21-12-18(5)11-19(6)13-21;1-4(6)3-5(2)7;/h7-8,11-12,14-17H,9-10H2,1-6H3;3-4,6-7H,1-2H3;/q-1;;. The number of rotatable bonds is 6. The van der Waals surface area contributed by atoms with Gasteiger partial charge in [0.05, 0.1) is 11.9 Å². The van der Waals surface area contributed by atoms with E-state index in [9.17, 15) is 0 Å². The molecule has 0 aliphatic heterocycles. The fourth-order valence-electron chi connectivity index (χ4n) is 4.14. The second kappa shape index (κ2) is 13.8. The first kappa shape index (κ1) is 30.0. The summed E-state index contributed by atoms with van der Waals surface area (Å²) in [6.45, 7) is 16.4. The second-order valence-corrected chi connectivity index (χ2v) is 10.0. The Morgan fingerprint density at radius 2 is 1.62 bits per heavy atom. The largest absolute Gasteiger partial charge is 0.513 e. The van der Waals surface area contributed by atoms with Crippen molar-refractivity contribution in [3.8, 4) is 11.3 Å². The van der Waals surface area contributed by atoms with Gasteiger partial charge < -0.3 is 15.2 Å². The summed E-state index contributed by atoms with van der Waals surface area (Å²) in [7, 11) is 0. The molecule has 0 saturated heterocycles. The minimum atomic E-state index is -0.537. The van der Waals surface area contributed by atoms with E-state index in [1.807, 2.05) is 0 Å². The van der Waals surface area contributed by atoms with Gasteiger partial charge in [0.1, 0.15) is 0 Å². The first-order chi connectivity index (χ1) is 15.5. The average Bonchev–Trinajstić information content (AvgIpc) is 2.65. The Morgan fingerprint density at radius 3 is 2.12 bits per heavy atom. The molecule has 0 aliphatic rings. The van der Waals surface area contributed by atoms with Crippen LogP contribution in [-0.2, 0) is 32.9 Å². The third-order valence-corrected chi connectivity index (χ3v) is 5.19. The molecule has 2 aromatic carbocycles. The van der Waals surface area contributed by atoms with Gasteiger partial charge in [-0.05, 0) is 72.2 Å². The van der Waals surface area contributed by atoms with Crippen molar-refractivity contribution in [1.29, 1.82) is 0 Å². The maximum absolute atomic E-state index is 8.49. The Balaban J connectivity index is 0.000000633. The van der Waals surface area contributed by atoms with Gasteiger partial charge in [-0.1, -0.05) is 59.7 Å². The molecule has 0 amide bonds. The van der Waals surface area contributed by atoms with Crippen LogP contribution in [0.5, 0.6) is 0 Å². The van der Waals surface area contributed by atoms with Gasteiger partial charge in [0, 0.05) is 26.3 Å². The number of benzene rings is 2. The Labute approximate surface area is 219 Å². The zero-order chi connectivity index (χ0) is 24.7. The summed E-state index contributed by atoms with van der Waals surface area (Å²) in [5.74, 6) is 1.43. The number of aryl methyl sites for hydroxylation is 2. The summed E-state index contributed by atoms with van der Waals surface area (Å²) in [6, 6.07) is 14.8. The van der Waals surface area contributed by atoms with E-state index in [4.69, 9.17) is 15.2 Å². The molecule has 4 heteroatoms. The van der Waals surface area contributed by atoms with Crippen LogP contribution in [0.3, 0.4) is 0 Å². The molecule has 0 fully saturated rings. The molecule has 2 N–H and O–H groups in total. The average molecular weight is 639 g/mol. The van der Waals surface area contributed by atoms with E-state index in [0.717, 1.165) is 24.1 Å². The van der Waals surface area contributed by atoms with Crippen molar-refractivity contribution in [3.63, 3.8) is 0 Å². The molecule has 0 spiro atoms. The summed E-state index contributed by atoms with van der Waals surface area (Å²) in [5, 5.41) is 19.5. The number of fused-ring (bicyclic) bond motifs is 1. The SMILES string of the molecule is CC(O)=CC(C)O.Cc1[c-]c(-c2ncc(CC(C)C)c3ccc(CC(C)C)cc23)cc(C)c1.[Ir]. The Bertz CT molecular complexity index is 1080. The second-order valence-electron chi connectivity index (χ2n) is 10.0. The fraction of sp³-hybridized carbons (Fsp3) is 0.433. The number of aromatic nitrogens is 1. The molecule has 34 heavy (non-hydrogen) atoms. The van der Waals surface area contributed by atoms with E-state index in [2.05, 4.69) is 84.1 Å². The van der Waals surface area contributed by atoms with Crippen molar-refractivity contribution in [1.82, 2.24) is 4.98 Å². The molecule has 1 radical (unpaired) electrons. The first-order valence-electron chi connectivity index (χ1n) is 11.9. The van der Waals surface area contributed by atoms with Crippen LogP contribution in [0.1, 0.15) is 63.8 Å². The van der Waals surface area contributed by atoms with E-state index in [0.29, 0.717) is 11.8 Å². The number of aliphatic hydroxyl groups excluding tert-OH is 2. The molecular formula is C30H40IrNO2-. The van der Waals surface area contributed by atoms with Crippen LogP contribution in [0.25, 0.3) is 22.0 Å². The van der Waals surface area contributed by atoms with Gasteiger partial charge in [0.15, 0.2) is 0 Å². The number of hydrogen-bond donors (Lipinski definition) is 2. The fourth-order valence-corrected chi connectivity index (χ4v) is 4.14. The molecule has 0 aliphatic carbocycles. The van der Waals surface area contributed by atoms with E-state index in [1.54, 1.807) is 6.92 Å². The van der Waals surface area contributed by atoms with Gasteiger partial charge in [-0.25, -0.2) is 0 Å². The van der Waals surface area contributed by atoms with Gasteiger partial charge in [0.25, 0.3) is 0 Å². The van der Waals surface area contributed by atoms with Crippen molar-refractivity contribution in [2.45, 2.75) is 74.3 Å². The van der Waals surface area contributed by atoms with Gasteiger partial charge >= 0.3 is 0 Å².